The minimum absolute atomic E-state index is 0.0295. The van der Waals surface area contributed by atoms with Crippen molar-refractivity contribution in [2.45, 2.75) is 127 Å². The predicted molar refractivity (Wildman–Crippen MR) is 194 cm³/mol. The van der Waals surface area contributed by atoms with Crippen molar-refractivity contribution in [2.24, 2.45) is 28.1 Å². The molecule has 0 amide bonds. The van der Waals surface area contributed by atoms with Crippen LogP contribution in [0, 0.1) is 28.1 Å². The molecule has 0 N–H and O–H groups in total. The SMILES string of the molecule is C=Cc1cc(C(=O)C2=C3OC(C)(C)[C@@H](CC=C(C)C)C[C@@]34C[C@@H](CC=C(C)C)C(C)(C)[C@@](CC=C(C)C)(C2=O)C4=O)ccc1CCC. The minimum atomic E-state index is -1.40. The molecule has 1 spiro atoms. The number of hydrogen-bond acceptors (Lipinski definition) is 4. The van der Waals surface area contributed by atoms with Gasteiger partial charge in [0.2, 0.25) is 0 Å². The number of rotatable bonds is 11. The van der Waals surface area contributed by atoms with Gasteiger partial charge < -0.3 is 4.74 Å². The number of aryl methyl sites for hydroxylation is 1. The molecule has 2 aliphatic carbocycles. The summed E-state index contributed by atoms with van der Waals surface area (Å²) in [4.78, 5) is 45.8. The first-order valence-electron chi connectivity index (χ1n) is 17.6. The lowest BCUT2D eigenvalue weighted by Gasteiger charge is -2.64. The number of allylic oxidation sites excluding steroid dienone is 8. The average Bonchev–Trinajstić information content (AvgIpc) is 2.98. The topological polar surface area (TPSA) is 60.4 Å². The van der Waals surface area contributed by atoms with E-state index < -0.39 is 21.8 Å². The second-order valence-corrected chi connectivity index (χ2v) is 16.3. The number of Topliss-reactive ketones (excluding diaryl/α,β-unsaturated/α-hetero) is 3. The van der Waals surface area contributed by atoms with Gasteiger partial charge in [0.25, 0.3) is 0 Å². The highest BCUT2D eigenvalue weighted by atomic mass is 16.5. The largest absolute Gasteiger partial charge is 0.490 e. The number of carbonyl (C=O) groups is 3. The van der Waals surface area contributed by atoms with Crippen LogP contribution in [0.2, 0.25) is 0 Å². The Balaban J connectivity index is 2.09. The highest BCUT2D eigenvalue weighted by Gasteiger charge is 2.74. The van der Waals surface area contributed by atoms with Gasteiger partial charge in [-0.25, -0.2) is 0 Å². The van der Waals surface area contributed by atoms with Gasteiger partial charge >= 0.3 is 0 Å². The van der Waals surface area contributed by atoms with Crippen LogP contribution in [0.25, 0.3) is 6.08 Å². The van der Waals surface area contributed by atoms with Crippen LogP contribution in [-0.2, 0) is 20.7 Å². The second kappa shape index (κ2) is 13.3. The predicted octanol–water partition coefficient (Wildman–Crippen LogP) is 10.8. The second-order valence-electron chi connectivity index (χ2n) is 16.3. The number of fused-ring (bicyclic) bond motifs is 1. The Labute approximate surface area is 284 Å². The summed E-state index contributed by atoms with van der Waals surface area (Å²) >= 11 is 0. The van der Waals surface area contributed by atoms with Crippen LogP contribution in [-0.4, -0.2) is 23.0 Å². The molecule has 0 unspecified atom stereocenters. The van der Waals surface area contributed by atoms with Gasteiger partial charge in [0.15, 0.2) is 17.3 Å². The van der Waals surface area contributed by atoms with Crippen LogP contribution >= 0.6 is 0 Å². The molecule has 1 saturated carbocycles. The van der Waals surface area contributed by atoms with Crippen molar-refractivity contribution in [1.29, 1.82) is 0 Å². The third-order valence-electron chi connectivity index (χ3n) is 11.6. The molecule has 47 heavy (non-hydrogen) atoms. The van der Waals surface area contributed by atoms with E-state index in [4.69, 9.17) is 4.74 Å². The van der Waals surface area contributed by atoms with E-state index in [1.165, 1.54) is 11.1 Å². The van der Waals surface area contributed by atoms with E-state index in [1.54, 1.807) is 6.08 Å². The minimum Gasteiger partial charge on any atom is -0.490 e. The molecule has 1 aromatic rings. The molecule has 2 bridgehead atoms. The summed E-state index contributed by atoms with van der Waals surface area (Å²) in [7, 11) is 0. The lowest BCUT2D eigenvalue weighted by molar-refractivity contribution is -0.188. The van der Waals surface area contributed by atoms with E-state index in [-0.39, 0.29) is 41.2 Å². The molecule has 4 nitrogen and oxygen atoms in total. The molecule has 1 heterocycles. The molecule has 4 heteroatoms. The van der Waals surface area contributed by atoms with Gasteiger partial charge in [-0.3, -0.25) is 14.4 Å². The number of benzene rings is 1. The zero-order chi connectivity index (χ0) is 35.1. The van der Waals surface area contributed by atoms with E-state index in [0.29, 0.717) is 24.2 Å². The summed E-state index contributed by atoms with van der Waals surface area (Å²) in [5, 5.41) is 0. The maximum absolute atomic E-state index is 15.5. The molecule has 3 aliphatic rings. The lowest BCUT2D eigenvalue weighted by atomic mass is 9.39. The van der Waals surface area contributed by atoms with Crippen molar-refractivity contribution in [3.05, 3.63) is 87.7 Å². The number of ketones is 3. The van der Waals surface area contributed by atoms with Crippen LogP contribution in [0.4, 0.5) is 0 Å². The average molecular weight is 639 g/mol. The van der Waals surface area contributed by atoms with Gasteiger partial charge in [0.05, 0.1) is 5.41 Å². The normalized spacial score (nSPS) is 27.3. The van der Waals surface area contributed by atoms with Gasteiger partial charge in [-0.05, 0) is 122 Å². The standard InChI is InChI=1S/C43H58O4/c1-13-15-31-18-19-32(24-30(31)14-2)36(44)35-37(45)43(23-22-29(7)8)39(46)42(25-33(40(43,9)10)20-16-27(3)4)26-34(21-17-28(5)6)41(11,12)47-38(35)42/h14,16-19,22,24,33-34H,2,13,15,20-21,23,25-26H2,1,3-12H3/t33-,34+,42+,43+/m1/s1. The molecule has 2 fully saturated rings. The molecular weight excluding hydrogens is 580 g/mol. The first-order valence-corrected chi connectivity index (χ1v) is 17.6. The zero-order valence-corrected chi connectivity index (χ0v) is 31.0. The Morgan fingerprint density at radius 2 is 1.47 bits per heavy atom. The van der Waals surface area contributed by atoms with E-state index in [9.17, 15) is 4.79 Å². The van der Waals surface area contributed by atoms with Crippen molar-refractivity contribution >= 4 is 23.4 Å². The van der Waals surface area contributed by atoms with E-state index >= 15 is 9.59 Å². The fourth-order valence-electron chi connectivity index (χ4n) is 8.48. The number of carbonyl (C=O) groups excluding carboxylic acids is 3. The quantitative estimate of drug-likeness (QED) is 0.105. The van der Waals surface area contributed by atoms with E-state index in [0.717, 1.165) is 42.4 Å². The van der Waals surface area contributed by atoms with Crippen molar-refractivity contribution in [3.8, 4) is 0 Å². The molecule has 0 aromatic heterocycles. The van der Waals surface area contributed by atoms with Gasteiger partial charge in [-0.2, -0.15) is 0 Å². The molecule has 1 aromatic carbocycles. The third-order valence-corrected chi connectivity index (χ3v) is 11.6. The number of hydrogen-bond donors (Lipinski definition) is 0. The number of ether oxygens (including phenoxy) is 1. The molecule has 1 saturated heterocycles. The summed E-state index contributed by atoms with van der Waals surface area (Å²) in [6, 6.07) is 5.67. The monoisotopic (exact) mass is 638 g/mol. The first kappa shape index (κ1) is 36.6. The maximum atomic E-state index is 15.5. The molecule has 0 radical (unpaired) electrons. The zero-order valence-electron chi connectivity index (χ0n) is 31.0. The summed E-state index contributed by atoms with van der Waals surface area (Å²) in [5.74, 6) is -0.405. The van der Waals surface area contributed by atoms with Crippen LogP contribution in [0.5, 0.6) is 0 Å². The molecule has 1 aliphatic heterocycles. The van der Waals surface area contributed by atoms with Crippen LogP contribution in [0.1, 0.15) is 136 Å². The fraction of sp³-hybridized carbons (Fsp3) is 0.558. The van der Waals surface area contributed by atoms with Gasteiger partial charge in [-0.1, -0.05) is 86.9 Å². The Morgan fingerprint density at radius 3 is 2.02 bits per heavy atom. The summed E-state index contributed by atoms with van der Waals surface area (Å²) in [6.07, 6.45) is 13.0. The van der Waals surface area contributed by atoms with Gasteiger partial charge in [0, 0.05) is 11.5 Å². The Morgan fingerprint density at radius 1 is 0.894 bits per heavy atom. The van der Waals surface area contributed by atoms with Crippen molar-refractivity contribution in [1.82, 2.24) is 0 Å². The molecule has 4 atom stereocenters. The first-order chi connectivity index (χ1) is 21.9. The summed E-state index contributed by atoms with van der Waals surface area (Å²) in [6.45, 7) is 26.8. The van der Waals surface area contributed by atoms with Gasteiger partial charge in [-0.15, -0.1) is 0 Å². The van der Waals surface area contributed by atoms with Crippen LogP contribution < -0.4 is 0 Å². The Bertz CT molecular complexity index is 1570. The highest BCUT2D eigenvalue weighted by molar-refractivity contribution is 6.35. The van der Waals surface area contributed by atoms with Crippen molar-refractivity contribution < 1.29 is 19.1 Å². The molecule has 254 valence electrons. The Hall–Kier alpha value is -3.27. The van der Waals surface area contributed by atoms with Crippen LogP contribution in [0.3, 0.4) is 0 Å². The van der Waals surface area contributed by atoms with Gasteiger partial charge in [0.1, 0.15) is 22.3 Å². The van der Waals surface area contributed by atoms with Crippen molar-refractivity contribution in [2.75, 3.05) is 0 Å². The third kappa shape index (κ3) is 6.22. The van der Waals surface area contributed by atoms with Crippen molar-refractivity contribution in [3.63, 3.8) is 0 Å². The molecule has 4 rings (SSSR count). The van der Waals surface area contributed by atoms with E-state index in [1.807, 2.05) is 52.0 Å². The van der Waals surface area contributed by atoms with E-state index in [2.05, 4.69) is 67.2 Å². The Kier molecular flexibility index (Phi) is 10.4. The summed E-state index contributed by atoms with van der Waals surface area (Å²) < 4.78 is 6.96. The van der Waals surface area contributed by atoms with Crippen LogP contribution in [0.15, 0.2) is 71.1 Å². The molecular formula is C43H58O4. The maximum Gasteiger partial charge on any atom is 0.200 e. The lowest BCUT2D eigenvalue weighted by Crippen LogP contribution is -2.69. The highest BCUT2D eigenvalue weighted by Crippen LogP contribution is 2.69. The fourth-order valence-corrected chi connectivity index (χ4v) is 8.48. The smallest absolute Gasteiger partial charge is 0.200 e. The summed E-state index contributed by atoms with van der Waals surface area (Å²) in [5.41, 5.74) is 2.15.